The van der Waals surface area contributed by atoms with E-state index >= 15 is 0 Å². The highest BCUT2D eigenvalue weighted by atomic mass is 35.5. The number of rotatable bonds is 5. The first kappa shape index (κ1) is 21.7. The van der Waals surface area contributed by atoms with Crippen LogP contribution in [0.25, 0.3) is 21.6 Å². The van der Waals surface area contributed by atoms with E-state index in [1.54, 1.807) is 37.3 Å². The minimum Gasteiger partial charge on any atom is -0.478 e. The number of halogens is 1. The van der Waals surface area contributed by atoms with Crippen LogP contribution in [0, 0.1) is 6.92 Å². The Morgan fingerprint density at radius 3 is 2.62 bits per heavy atom. The Hall–Kier alpha value is -3.49. The normalized spacial score (nSPS) is 12.0. The first-order valence-electron chi connectivity index (χ1n) is 9.67. The van der Waals surface area contributed by atoms with Crippen LogP contribution in [0.5, 0.6) is 0 Å². The molecule has 0 aliphatic rings. The van der Waals surface area contributed by atoms with E-state index in [9.17, 15) is 19.5 Å². The third-order valence-corrected chi connectivity index (χ3v) is 6.25. The van der Waals surface area contributed by atoms with Crippen molar-refractivity contribution in [1.29, 1.82) is 0 Å². The number of para-hydroxylation sites is 1. The van der Waals surface area contributed by atoms with Crippen molar-refractivity contribution in [2.24, 2.45) is 0 Å². The number of anilines is 1. The predicted octanol–water partition coefficient (Wildman–Crippen LogP) is 4.98. The lowest BCUT2D eigenvalue weighted by Gasteiger charge is -2.20. The lowest BCUT2D eigenvalue weighted by molar-refractivity contribution is -0.118. The second-order valence-corrected chi connectivity index (χ2v) is 8.53. The average Bonchev–Trinajstić information content (AvgIpc) is 3.19. The summed E-state index contributed by atoms with van der Waals surface area (Å²) in [5.74, 6) is -1.42. The number of fused-ring (bicyclic) bond motifs is 1. The Bertz CT molecular complexity index is 1430. The Kier molecular flexibility index (Phi) is 5.82. The second kappa shape index (κ2) is 8.57. The standard InChI is InChI=1S/C23H18ClN3O4S/c1-12-6-5-7-14(10-12)19-26-21-18(15(11-32-21)23(30)31)22(29)27(19)13(2)20(28)25-17-9-4-3-8-16(17)24/h3-11,13H,1-2H3,(H,25,28)(H,30,31). The zero-order valence-electron chi connectivity index (χ0n) is 17.1. The number of carboxylic acids is 1. The van der Waals surface area contributed by atoms with Gasteiger partial charge >= 0.3 is 5.97 Å². The molecule has 162 valence electrons. The highest BCUT2D eigenvalue weighted by Crippen LogP contribution is 2.28. The van der Waals surface area contributed by atoms with Crippen molar-refractivity contribution in [3.8, 4) is 11.4 Å². The molecule has 0 radical (unpaired) electrons. The quantitative estimate of drug-likeness (QED) is 0.430. The molecule has 7 nitrogen and oxygen atoms in total. The number of nitrogens with one attached hydrogen (secondary N) is 1. The SMILES string of the molecule is Cc1cccc(-c2nc3scc(C(=O)O)c3c(=O)n2C(C)C(=O)Nc2ccccc2Cl)c1. The van der Waals surface area contributed by atoms with Crippen molar-refractivity contribution in [1.82, 2.24) is 9.55 Å². The Morgan fingerprint density at radius 2 is 1.94 bits per heavy atom. The van der Waals surface area contributed by atoms with Crippen molar-refractivity contribution in [2.45, 2.75) is 19.9 Å². The summed E-state index contributed by atoms with van der Waals surface area (Å²) in [7, 11) is 0. The average molecular weight is 468 g/mol. The number of hydrogen-bond acceptors (Lipinski definition) is 5. The summed E-state index contributed by atoms with van der Waals surface area (Å²) in [6.45, 7) is 3.47. The summed E-state index contributed by atoms with van der Waals surface area (Å²) in [4.78, 5) is 43.2. The lowest BCUT2D eigenvalue weighted by atomic mass is 10.1. The van der Waals surface area contributed by atoms with Gasteiger partial charge in [0.25, 0.3) is 5.56 Å². The van der Waals surface area contributed by atoms with Crippen molar-refractivity contribution in [2.75, 3.05) is 5.32 Å². The van der Waals surface area contributed by atoms with Gasteiger partial charge in [-0.15, -0.1) is 11.3 Å². The molecule has 2 aromatic heterocycles. The minimum absolute atomic E-state index is 0.0173. The summed E-state index contributed by atoms with van der Waals surface area (Å²) in [6, 6.07) is 13.2. The van der Waals surface area contributed by atoms with Gasteiger partial charge in [0.15, 0.2) is 0 Å². The second-order valence-electron chi connectivity index (χ2n) is 7.26. The van der Waals surface area contributed by atoms with E-state index in [4.69, 9.17) is 11.6 Å². The van der Waals surface area contributed by atoms with E-state index in [0.717, 1.165) is 16.9 Å². The first-order chi connectivity index (χ1) is 15.3. The van der Waals surface area contributed by atoms with Crippen molar-refractivity contribution >= 4 is 50.7 Å². The molecule has 9 heteroatoms. The third-order valence-electron chi connectivity index (χ3n) is 5.05. The van der Waals surface area contributed by atoms with Gasteiger partial charge in [0.05, 0.1) is 21.7 Å². The minimum atomic E-state index is -1.22. The van der Waals surface area contributed by atoms with Crippen LogP contribution in [0.4, 0.5) is 5.69 Å². The van der Waals surface area contributed by atoms with Crippen LogP contribution >= 0.6 is 22.9 Å². The van der Waals surface area contributed by atoms with Crippen LogP contribution in [0.15, 0.2) is 58.7 Å². The number of carboxylic acid groups (broad SMARTS) is 1. The zero-order chi connectivity index (χ0) is 23.0. The number of thiophene rings is 1. The fourth-order valence-corrected chi connectivity index (χ4v) is 4.51. The highest BCUT2D eigenvalue weighted by Gasteiger charge is 2.26. The lowest BCUT2D eigenvalue weighted by Crippen LogP contribution is -2.33. The van der Waals surface area contributed by atoms with Crippen molar-refractivity contribution in [3.05, 3.63) is 80.4 Å². The fraction of sp³-hybridized carbons (Fsp3) is 0.130. The molecule has 4 aromatic rings. The van der Waals surface area contributed by atoms with Gasteiger partial charge in [-0.3, -0.25) is 14.2 Å². The van der Waals surface area contributed by atoms with E-state index < -0.39 is 23.5 Å². The molecule has 0 aliphatic heterocycles. The van der Waals surface area contributed by atoms with Crippen LogP contribution in [0.2, 0.25) is 5.02 Å². The summed E-state index contributed by atoms with van der Waals surface area (Å²) in [5.41, 5.74) is 1.28. The first-order valence-corrected chi connectivity index (χ1v) is 10.9. The number of amides is 1. The molecule has 2 heterocycles. The summed E-state index contributed by atoms with van der Waals surface area (Å²) < 4.78 is 1.24. The van der Waals surface area contributed by atoms with E-state index in [1.807, 2.05) is 25.1 Å². The van der Waals surface area contributed by atoms with E-state index in [-0.39, 0.29) is 16.8 Å². The molecular formula is C23H18ClN3O4S. The van der Waals surface area contributed by atoms with E-state index in [0.29, 0.717) is 21.1 Å². The molecule has 0 fully saturated rings. The molecule has 0 bridgehead atoms. The monoisotopic (exact) mass is 467 g/mol. The van der Waals surface area contributed by atoms with E-state index in [1.165, 1.54) is 9.95 Å². The molecule has 0 spiro atoms. The van der Waals surface area contributed by atoms with Crippen molar-refractivity contribution < 1.29 is 14.7 Å². The fourth-order valence-electron chi connectivity index (χ4n) is 3.42. The van der Waals surface area contributed by atoms with Gasteiger partial charge in [0.1, 0.15) is 16.7 Å². The Labute approximate surface area is 191 Å². The van der Waals surface area contributed by atoms with Gasteiger partial charge in [0.2, 0.25) is 5.91 Å². The number of aromatic nitrogens is 2. The molecule has 1 atom stereocenters. The van der Waals surface area contributed by atoms with Crippen LogP contribution < -0.4 is 10.9 Å². The summed E-state index contributed by atoms with van der Waals surface area (Å²) >= 11 is 7.23. The molecule has 0 aliphatic carbocycles. The summed E-state index contributed by atoms with van der Waals surface area (Å²) in [6.07, 6.45) is 0. The third kappa shape index (κ3) is 3.90. The van der Waals surface area contributed by atoms with Crippen LogP contribution in [0.3, 0.4) is 0 Å². The number of carbonyl (C=O) groups excluding carboxylic acids is 1. The topological polar surface area (TPSA) is 101 Å². The maximum absolute atomic E-state index is 13.5. The molecule has 0 saturated carbocycles. The Morgan fingerprint density at radius 1 is 1.19 bits per heavy atom. The molecular weight excluding hydrogens is 450 g/mol. The van der Waals surface area contributed by atoms with Gasteiger partial charge in [0, 0.05) is 10.9 Å². The molecule has 4 rings (SSSR count). The molecule has 2 aromatic carbocycles. The van der Waals surface area contributed by atoms with Gasteiger partial charge in [-0.25, -0.2) is 9.78 Å². The molecule has 1 amide bonds. The number of carbonyl (C=O) groups is 2. The number of benzene rings is 2. The molecule has 1 unspecified atom stereocenters. The maximum atomic E-state index is 13.5. The molecule has 32 heavy (non-hydrogen) atoms. The summed E-state index contributed by atoms with van der Waals surface area (Å²) in [5, 5.41) is 14.0. The largest absolute Gasteiger partial charge is 0.478 e. The maximum Gasteiger partial charge on any atom is 0.337 e. The number of nitrogens with zero attached hydrogens (tertiary/aromatic N) is 2. The van der Waals surface area contributed by atoms with Crippen LogP contribution in [0.1, 0.15) is 28.9 Å². The van der Waals surface area contributed by atoms with Crippen molar-refractivity contribution in [3.63, 3.8) is 0 Å². The number of aryl methyl sites for hydroxylation is 1. The van der Waals surface area contributed by atoms with Gasteiger partial charge in [-0.2, -0.15) is 0 Å². The predicted molar refractivity (Wildman–Crippen MR) is 126 cm³/mol. The van der Waals surface area contributed by atoms with E-state index in [2.05, 4.69) is 10.3 Å². The molecule has 2 N–H and O–H groups in total. The number of hydrogen-bond donors (Lipinski definition) is 2. The van der Waals surface area contributed by atoms with Gasteiger partial charge in [-0.1, -0.05) is 47.5 Å². The molecule has 0 saturated heterocycles. The smallest absolute Gasteiger partial charge is 0.337 e. The van der Waals surface area contributed by atoms with Gasteiger partial charge < -0.3 is 10.4 Å². The van der Waals surface area contributed by atoms with Crippen LogP contribution in [-0.2, 0) is 4.79 Å². The zero-order valence-corrected chi connectivity index (χ0v) is 18.7. The number of aromatic carboxylic acids is 1. The highest BCUT2D eigenvalue weighted by molar-refractivity contribution is 7.17. The Balaban J connectivity index is 1.91. The van der Waals surface area contributed by atoms with Gasteiger partial charge in [-0.05, 0) is 32.0 Å². The van der Waals surface area contributed by atoms with Crippen LogP contribution in [-0.4, -0.2) is 26.5 Å².